The number of ether oxygens (including phenoxy) is 1. The lowest BCUT2D eigenvalue weighted by Crippen LogP contribution is -2.45. The zero-order valence-corrected chi connectivity index (χ0v) is 12.2. The molecule has 0 bridgehead atoms. The summed E-state index contributed by atoms with van der Waals surface area (Å²) in [6.45, 7) is 5.12. The number of hydrogen-bond acceptors (Lipinski definition) is 5. The maximum Gasteiger partial charge on any atom is 0.157 e. The molecule has 3 rings (SSSR count). The molecule has 0 spiro atoms. The molecule has 110 valence electrons. The van der Waals surface area contributed by atoms with Crippen molar-refractivity contribution in [2.24, 2.45) is 0 Å². The highest BCUT2D eigenvalue weighted by molar-refractivity contribution is 7.92. The van der Waals surface area contributed by atoms with Crippen LogP contribution in [-0.4, -0.2) is 57.1 Å². The Hall–Kier alpha value is -1.11. The van der Waals surface area contributed by atoms with Crippen LogP contribution in [0.4, 0.5) is 0 Å². The summed E-state index contributed by atoms with van der Waals surface area (Å²) in [4.78, 5) is 2.41. The summed E-state index contributed by atoms with van der Waals surface area (Å²) in [7, 11) is -2.82. The van der Waals surface area contributed by atoms with Crippen LogP contribution in [0.2, 0.25) is 0 Å². The standard InChI is InChI=1S/C14H20N2O3S/c17-20(18)10-14(11-20)19-13-3-1-2-12(8-13)9-16-6-4-15-5-7-16/h1-3,8,14-15H,4-7,9-11H2. The smallest absolute Gasteiger partial charge is 0.157 e. The molecule has 6 heteroatoms. The first kappa shape index (κ1) is 13.9. The minimum atomic E-state index is -2.82. The Morgan fingerprint density at radius 2 is 2.00 bits per heavy atom. The molecule has 0 radical (unpaired) electrons. The number of sulfone groups is 1. The molecular formula is C14H20N2O3S. The van der Waals surface area contributed by atoms with E-state index in [2.05, 4.69) is 16.3 Å². The highest BCUT2D eigenvalue weighted by Gasteiger charge is 2.35. The van der Waals surface area contributed by atoms with Gasteiger partial charge in [-0.2, -0.15) is 0 Å². The molecule has 2 aliphatic rings. The van der Waals surface area contributed by atoms with Gasteiger partial charge in [-0.05, 0) is 17.7 Å². The van der Waals surface area contributed by atoms with Gasteiger partial charge in [0.05, 0.1) is 11.5 Å². The lowest BCUT2D eigenvalue weighted by molar-refractivity contribution is 0.225. The molecule has 0 unspecified atom stereocenters. The van der Waals surface area contributed by atoms with Gasteiger partial charge in [0.2, 0.25) is 0 Å². The average Bonchev–Trinajstić information content (AvgIpc) is 2.38. The van der Waals surface area contributed by atoms with E-state index in [1.54, 1.807) is 0 Å². The van der Waals surface area contributed by atoms with Gasteiger partial charge in [0.25, 0.3) is 0 Å². The first-order valence-corrected chi connectivity index (χ1v) is 8.82. The third-order valence-electron chi connectivity index (χ3n) is 3.70. The molecule has 2 aliphatic heterocycles. The third-order valence-corrected chi connectivity index (χ3v) is 5.46. The summed E-state index contributed by atoms with van der Waals surface area (Å²) in [5, 5.41) is 3.34. The van der Waals surface area contributed by atoms with Gasteiger partial charge >= 0.3 is 0 Å². The molecular weight excluding hydrogens is 276 g/mol. The van der Waals surface area contributed by atoms with Crippen LogP contribution < -0.4 is 10.1 Å². The van der Waals surface area contributed by atoms with Crippen LogP contribution in [0.5, 0.6) is 5.75 Å². The predicted molar refractivity (Wildman–Crippen MR) is 77.7 cm³/mol. The summed E-state index contributed by atoms with van der Waals surface area (Å²) in [5.74, 6) is 1.07. The van der Waals surface area contributed by atoms with Crippen LogP contribution >= 0.6 is 0 Å². The zero-order valence-electron chi connectivity index (χ0n) is 11.4. The Balaban J connectivity index is 1.58. The molecule has 0 saturated carbocycles. The van der Waals surface area contributed by atoms with Gasteiger partial charge in [0, 0.05) is 32.7 Å². The van der Waals surface area contributed by atoms with Crippen molar-refractivity contribution in [1.29, 1.82) is 0 Å². The van der Waals surface area contributed by atoms with Crippen molar-refractivity contribution in [2.45, 2.75) is 12.6 Å². The monoisotopic (exact) mass is 296 g/mol. The Kier molecular flexibility index (Phi) is 3.96. The van der Waals surface area contributed by atoms with Gasteiger partial charge < -0.3 is 10.1 Å². The minimum absolute atomic E-state index is 0.148. The molecule has 5 nitrogen and oxygen atoms in total. The normalized spacial score (nSPS) is 23.2. The summed E-state index contributed by atoms with van der Waals surface area (Å²) in [5.41, 5.74) is 1.21. The van der Waals surface area contributed by atoms with Gasteiger partial charge in [-0.1, -0.05) is 12.1 Å². The number of benzene rings is 1. The molecule has 1 N–H and O–H groups in total. The van der Waals surface area contributed by atoms with Crippen LogP contribution in [0.15, 0.2) is 24.3 Å². The minimum Gasteiger partial charge on any atom is -0.488 e. The largest absolute Gasteiger partial charge is 0.488 e. The number of nitrogens with one attached hydrogen (secondary N) is 1. The molecule has 2 heterocycles. The van der Waals surface area contributed by atoms with Gasteiger partial charge in [-0.3, -0.25) is 4.90 Å². The van der Waals surface area contributed by atoms with E-state index in [0.29, 0.717) is 0 Å². The molecule has 2 saturated heterocycles. The second-order valence-electron chi connectivity index (χ2n) is 5.49. The molecule has 0 amide bonds. The van der Waals surface area contributed by atoms with Crippen LogP contribution in [0, 0.1) is 0 Å². The molecule has 20 heavy (non-hydrogen) atoms. The quantitative estimate of drug-likeness (QED) is 0.864. The summed E-state index contributed by atoms with van der Waals surface area (Å²) < 4.78 is 28.0. The number of hydrogen-bond donors (Lipinski definition) is 1. The van der Waals surface area contributed by atoms with E-state index in [-0.39, 0.29) is 17.6 Å². The van der Waals surface area contributed by atoms with E-state index >= 15 is 0 Å². The summed E-state index contributed by atoms with van der Waals surface area (Å²) in [6.07, 6.45) is -0.172. The van der Waals surface area contributed by atoms with E-state index < -0.39 is 9.84 Å². The van der Waals surface area contributed by atoms with Crippen molar-refractivity contribution < 1.29 is 13.2 Å². The van der Waals surface area contributed by atoms with Gasteiger partial charge in [0.1, 0.15) is 11.9 Å². The fourth-order valence-electron chi connectivity index (χ4n) is 2.62. The molecule has 0 atom stereocenters. The second kappa shape index (κ2) is 5.71. The predicted octanol–water partition coefficient (Wildman–Crippen LogP) is 0.268. The van der Waals surface area contributed by atoms with Gasteiger partial charge in [-0.15, -0.1) is 0 Å². The highest BCUT2D eigenvalue weighted by Crippen LogP contribution is 2.21. The van der Waals surface area contributed by atoms with Crippen molar-refractivity contribution in [2.75, 3.05) is 37.7 Å². The van der Waals surface area contributed by atoms with Crippen molar-refractivity contribution >= 4 is 9.84 Å². The van der Waals surface area contributed by atoms with Crippen molar-refractivity contribution in [3.05, 3.63) is 29.8 Å². The Bertz CT molecular complexity index is 556. The molecule has 2 fully saturated rings. The van der Waals surface area contributed by atoms with E-state index in [4.69, 9.17) is 4.74 Å². The topological polar surface area (TPSA) is 58.6 Å². The van der Waals surface area contributed by atoms with Gasteiger partial charge in [-0.25, -0.2) is 8.42 Å². The van der Waals surface area contributed by atoms with Crippen LogP contribution in [0.3, 0.4) is 0 Å². The number of nitrogens with zero attached hydrogens (tertiary/aromatic N) is 1. The molecule has 0 aliphatic carbocycles. The van der Waals surface area contributed by atoms with E-state index in [0.717, 1.165) is 38.5 Å². The Labute approximate surface area is 119 Å². The first-order valence-electron chi connectivity index (χ1n) is 7.00. The number of piperazine rings is 1. The highest BCUT2D eigenvalue weighted by atomic mass is 32.2. The lowest BCUT2D eigenvalue weighted by atomic mass is 10.2. The lowest BCUT2D eigenvalue weighted by Gasteiger charge is -2.28. The average molecular weight is 296 g/mol. The number of rotatable bonds is 4. The van der Waals surface area contributed by atoms with Crippen LogP contribution in [-0.2, 0) is 16.4 Å². The van der Waals surface area contributed by atoms with E-state index in [1.807, 2.05) is 18.2 Å². The molecule has 1 aromatic carbocycles. The maximum atomic E-state index is 11.1. The fraction of sp³-hybridized carbons (Fsp3) is 0.571. The van der Waals surface area contributed by atoms with Crippen LogP contribution in [0.25, 0.3) is 0 Å². The first-order chi connectivity index (χ1) is 9.61. The van der Waals surface area contributed by atoms with Crippen molar-refractivity contribution in [3.63, 3.8) is 0 Å². The van der Waals surface area contributed by atoms with Crippen molar-refractivity contribution in [3.8, 4) is 5.75 Å². The maximum absolute atomic E-state index is 11.1. The van der Waals surface area contributed by atoms with Crippen LogP contribution in [0.1, 0.15) is 5.56 Å². The molecule has 1 aromatic rings. The summed E-state index contributed by atoms with van der Waals surface area (Å²) in [6, 6.07) is 7.98. The second-order valence-corrected chi connectivity index (χ2v) is 7.64. The third kappa shape index (κ3) is 3.50. The van der Waals surface area contributed by atoms with Crippen molar-refractivity contribution in [1.82, 2.24) is 10.2 Å². The SMILES string of the molecule is O=S1(=O)CC(Oc2cccc(CN3CCNCC3)c2)C1. The van der Waals surface area contributed by atoms with E-state index in [9.17, 15) is 8.42 Å². The van der Waals surface area contributed by atoms with Gasteiger partial charge in [0.15, 0.2) is 9.84 Å². The van der Waals surface area contributed by atoms with E-state index in [1.165, 1.54) is 5.56 Å². The zero-order chi connectivity index (χ0) is 14.0. The molecule has 0 aromatic heterocycles. The fourth-order valence-corrected chi connectivity index (χ4v) is 3.79. The Morgan fingerprint density at radius 3 is 2.70 bits per heavy atom. The Morgan fingerprint density at radius 1 is 1.25 bits per heavy atom. The summed E-state index contributed by atoms with van der Waals surface area (Å²) >= 11 is 0.